The lowest BCUT2D eigenvalue weighted by atomic mass is 10.2. The number of dihydropyridines is 1. The summed E-state index contributed by atoms with van der Waals surface area (Å²) in [5.74, 6) is 0. The molecule has 1 N–H and O–H groups in total. The van der Waals surface area contributed by atoms with Crippen LogP contribution in [0.3, 0.4) is 0 Å². The molecule has 0 saturated carbocycles. The van der Waals surface area contributed by atoms with Gasteiger partial charge >= 0.3 is 0 Å². The lowest BCUT2D eigenvalue weighted by Crippen LogP contribution is -2.11. The number of nitrogens with one attached hydrogen (secondary N) is 1. The van der Waals surface area contributed by atoms with Crippen LogP contribution in [0.5, 0.6) is 0 Å². The Morgan fingerprint density at radius 3 is 2.88 bits per heavy atom. The van der Waals surface area contributed by atoms with E-state index in [0.717, 1.165) is 11.0 Å². The fourth-order valence-corrected chi connectivity index (χ4v) is 1.19. The van der Waals surface area contributed by atoms with Crippen molar-refractivity contribution in [1.82, 2.24) is 5.32 Å². The van der Waals surface area contributed by atoms with Crippen LogP contribution in [0, 0.1) is 0 Å². The summed E-state index contributed by atoms with van der Waals surface area (Å²) in [4.78, 5) is 0. The van der Waals surface area contributed by atoms with E-state index >= 15 is 0 Å². The van der Waals surface area contributed by atoms with Crippen molar-refractivity contribution in [3.63, 3.8) is 0 Å². The number of hydrogen-bond acceptors (Lipinski definition) is 1. The predicted octanol–water partition coefficient (Wildman–Crippen LogP) is 1.77. The molecule has 1 rings (SSSR count). The molecule has 0 aromatic carbocycles. The van der Waals surface area contributed by atoms with Crippen LogP contribution in [0.1, 0.15) is 6.92 Å². The zero-order valence-corrected chi connectivity index (χ0v) is 6.33. The van der Waals surface area contributed by atoms with E-state index < -0.39 is 0 Å². The highest BCUT2D eigenvalue weighted by atomic mass is 79.9. The SMILES string of the molecule is CC1=CC(Br)=CNC1. The molecule has 44 valence electrons. The Labute approximate surface area is 57.6 Å². The Kier molecular flexibility index (Phi) is 1.73. The molecule has 0 aromatic heterocycles. The summed E-state index contributed by atoms with van der Waals surface area (Å²) in [7, 11) is 0. The van der Waals surface area contributed by atoms with Crippen molar-refractivity contribution in [1.29, 1.82) is 0 Å². The average Bonchev–Trinajstić information content (AvgIpc) is 1.64. The highest BCUT2D eigenvalue weighted by Gasteiger charge is 1.94. The first-order valence-electron chi connectivity index (χ1n) is 2.55. The largest absolute Gasteiger partial charge is 0.386 e. The van der Waals surface area contributed by atoms with E-state index in [-0.39, 0.29) is 0 Å². The van der Waals surface area contributed by atoms with Gasteiger partial charge in [-0.05, 0) is 28.9 Å². The molecule has 2 heteroatoms. The number of hydrogen-bond donors (Lipinski definition) is 1. The molecule has 0 amide bonds. The third kappa shape index (κ3) is 1.37. The molecule has 0 aliphatic carbocycles. The summed E-state index contributed by atoms with van der Waals surface area (Å²) < 4.78 is 1.13. The zero-order valence-electron chi connectivity index (χ0n) is 4.74. The van der Waals surface area contributed by atoms with Crippen LogP contribution in [-0.2, 0) is 0 Å². The molecule has 0 radical (unpaired) electrons. The molecule has 0 atom stereocenters. The number of rotatable bonds is 0. The van der Waals surface area contributed by atoms with Gasteiger partial charge < -0.3 is 5.32 Å². The molecule has 1 aliphatic heterocycles. The van der Waals surface area contributed by atoms with Crippen molar-refractivity contribution >= 4 is 15.9 Å². The molecule has 0 fully saturated rings. The first-order valence-corrected chi connectivity index (χ1v) is 3.34. The van der Waals surface area contributed by atoms with E-state index in [9.17, 15) is 0 Å². The second-order valence-electron chi connectivity index (χ2n) is 1.90. The lowest BCUT2D eigenvalue weighted by Gasteiger charge is -2.06. The first kappa shape index (κ1) is 5.89. The van der Waals surface area contributed by atoms with E-state index in [1.165, 1.54) is 5.57 Å². The lowest BCUT2D eigenvalue weighted by molar-refractivity contribution is 0.918. The van der Waals surface area contributed by atoms with Gasteiger partial charge in [0.15, 0.2) is 0 Å². The molecule has 0 spiro atoms. The summed E-state index contributed by atoms with van der Waals surface area (Å²) in [6, 6.07) is 0. The van der Waals surface area contributed by atoms with Crippen LogP contribution in [0.2, 0.25) is 0 Å². The normalized spacial score (nSPS) is 18.8. The molecule has 0 aromatic rings. The number of allylic oxidation sites excluding steroid dienone is 2. The Bertz CT molecular complexity index is 147. The van der Waals surface area contributed by atoms with E-state index in [1.807, 2.05) is 6.20 Å². The van der Waals surface area contributed by atoms with Gasteiger partial charge in [-0.2, -0.15) is 0 Å². The second-order valence-corrected chi connectivity index (χ2v) is 2.82. The molecule has 1 aliphatic rings. The molecular formula is C6H8BrN. The highest BCUT2D eigenvalue weighted by molar-refractivity contribution is 9.11. The van der Waals surface area contributed by atoms with E-state index in [4.69, 9.17) is 0 Å². The standard InChI is InChI=1S/C6H8BrN/c1-5-2-6(7)4-8-3-5/h2,4,8H,3H2,1H3. The van der Waals surface area contributed by atoms with Crippen LogP contribution in [0.15, 0.2) is 22.3 Å². The van der Waals surface area contributed by atoms with Crippen LogP contribution in [0.25, 0.3) is 0 Å². The van der Waals surface area contributed by atoms with Crippen molar-refractivity contribution in [3.8, 4) is 0 Å². The number of halogens is 1. The van der Waals surface area contributed by atoms with Gasteiger partial charge in [0.1, 0.15) is 0 Å². The Balaban J connectivity index is 2.69. The third-order valence-corrected chi connectivity index (χ3v) is 1.46. The van der Waals surface area contributed by atoms with E-state index in [2.05, 4.69) is 34.2 Å². The van der Waals surface area contributed by atoms with Crippen LogP contribution in [-0.4, -0.2) is 6.54 Å². The molecule has 0 bridgehead atoms. The predicted molar refractivity (Wildman–Crippen MR) is 38.8 cm³/mol. The van der Waals surface area contributed by atoms with Crippen LogP contribution >= 0.6 is 15.9 Å². The summed E-state index contributed by atoms with van der Waals surface area (Å²) in [6.45, 7) is 3.08. The monoisotopic (exact) mass is 173 g/mol. The van der Waals surface area contributed by atoms with Gasteiger partial charge in [-0.15, -0.1) is 0 Å². The summed E-state index contributed by atoms with van der Waals surface area (Å²) in [6.07, 6.45) is 4.06. The van der Waals surface area contributed by atoms with Gasteiger partial charge in [0, 0.05) is 17.2 Å². The van der Waals surface area contributed by atoms with Gasteiger partial charge in [0.25, 0.3) is 0 Å². The maximum Gasteiger partial charge on any atom is 0.0355 e. The molecular weight excluding hydrogens is 166 g/mol. The first-order chi connectivity index (χ1) is 3.79. The Morgan fingerprint density at radius 2 is 2.50 bits per heavy atom. The van der Waals surface area contributed by atoms with Crippen molar-refractivity contribution in [2.24, 2.45) is 0 Å². The third-order valence-electron chi connectivity index (χ3n) is 1.01. The average molecular weight is 174 g/mol. The fraction of sp³-hybridized carbons (Fsp3) is 0.333. The molecule has 0 unspecified atom stereocenters. The van der Waals surface area contributed by atoms with Crippen molar-refractivity contribution < 1.29 is 0 Å². The maximum atomic E-state index is 3.35. The highest BCUT2D eigenvalue weighted by Crippen LogP contribution is 2.11. The van der Waals surface area contributed by atoms with Crippen molar-refractivity contribution in [2.75, 3.05) is 6.54 Å². The quantitative estimate of drug-likeness (QED) is 0.590. The summed E-state index contributed by atoms with van der Waals surface area (Å²) >= 11 is 3.35. The smallest absolute Gasteiger partial charge is 0.0355 e. The van der Waals surface area contributed by atoms with Gasteiger partial charge in [-0.3, -0.25) is 0 Å². The van der Waals surface area contributed by atoms with Crippen LogP contribution in [0.4, 0.5) is 0 Å². The van der Waals surface area contributed by atoms with Crippen molar-refractivity contribution in [3.05, 3.63) is 22.3 Å². The van der Waals surface area contributed by atoms with Crippen molar-refractivity contribution in [2.45, 2.75) is 6.92 Å². The topological polar surface area (TPSA) is 12.0 Å². The van der Waals surface area contributed by atoms with E-state index in [1.54, 1.807) is 0 Å². The van der Waals surface area contributed by atoms with E-state index in [0.29, 0.717) is 0 Å². The minimum absolute atomic E-state index is 0.981. The molecule has 1 nitrogen and oxygen atoms in total. The Hall–Kier alpha value is -0.240. The molecule has 8 heavy (non-hydrogen) atoms. The second kappa shape index (κ2) is 2.35. The minimum Gasteiger partial charge on any atom is -0.386 e. The van der Waals surface area contributed by atoms with Crippen LogP contribution < -0.4 is 5.32 Å². The zero-order chi connectivity index (χ0) is 5.98. The summed E-state index contributed by atoms with van der Waals surface area (Å²) in [5.41, 5.74) is 1.36. The van der Waals surface area contributed by atoms with Gasteiger partial charge in [-0.25, -0.2) is 0 Å². The van der Waals surface area contributed by atoms with Gasteiger partial charge in [0.05, 0.1) is 0 Å². The molecule has 0 saturated heterocycles. The maximum absolute atomic E-state index is 3.35. The minimum atomic E-state index is 0.981. The fourth-order valence-electron chi connectivity index (χ4n) is 0.638. The Morgan fingerprint density at radius 1 is 1.75 bits per heavy atom. The van der Waals surface area contributed by atoms with Gasteiger partial charge in [0.2, 0.25) is 0 Å². The van der Waals surface area contributed by atoms with Gasteiger partial charge in [-0.1, -0.05) is 5.57 Å². The molecule has 1 heterocycles. The summed E-state index contributed by atoms with van der Waals surface area (Å²) in [5, 5.41) is 3.11.